The van der Waals surface area contributed by atoms with Crippen molar-refractivity contribution in [1.82, 2.24) is 4.90 Å². The highest BCUT2D eigenvalue weighted by Gasteiger charge is 2.16. The SMILES string of the molecule is CCOc1ccc(CN2CCC[C@@H](N)C2)cc1.Cl. The predicted molar refractivity (Wildman–Crippen MR) is 77.3 cm³/mol. The topological polar surface area (TPSA) is 38.5 Å². The van der Waals surface area contributed by atoms with E-state index in [1.54, 1.807) is 0 Å². The van der Waals surface area contributed by atoms with Crippen LogP contribution in [0, 0.1) is 0 Å². The Morgan fingerprint density at radius 3 is 2.67 bits per heavy atom. The average Bonchev–Trinajstić information content (AvgIpc) is 2.32. The van der Waals surface area contributed by atoms with Crippen LogP contribution in [0.3, 0.4) is 0 Å². The second kappa shape index (κ2) is 7.62. The van der Waals surface area contributed by atoms with Crippen molar-refractivity contribution in [2.45, 2.75) is 32.4 Å². The van der Waals surface area contributed by atoms with Gasteiger partial charge in [0.05, 0.1) is 6.61 Å². The van der Waals surface area contributed by atoms with Crippen LogP contribution in [0.5, 0.6) is 5.75 Å². The zero-order chi connectivity index (χ0) is 12.1. The molecule has 0 spiro atoms. The van der Waals surface area contributed by atoms with E-state index < -0.39 is 0 Å². The van der Waals surface area contributed by atoms with Crippen LogP contribution >= 0.6 is 12.4 Å². The van der Waals surface area contributed by atoms with Crippen LogP contribution in [0.1, 0.15) is 25.3 Å². The summed E-state index contributed by atoms with van der Waals surface area (Å²) in [4.78, 5) is 2.43. The van der Waals surface area contributed by atoms with Crippen LogP contribution in [-0.4, -0.2) is 30.6 Å². The Morgan fingerprint density at radius 2 is 2.06 bits per heavy atom. The van der Waals surface area contributed by atoms with E-state index in [2.05, 4.69) is 17.0 Å². The monoisotopic (exact) mass is 270 g/mol. The molecule has 0 bridgehead atoms. The molecular weight excluding hydrogens is 248 g/mol. The summed E-state index contributed by atoms with van der Waals surface area (Å²) < 4.78 is 5.43. The zero-order valence-electron chi connectivity index (χ0n) is 11.0. The molecule has 1 saturated heterocycles. The molecule has 1 fully saturated rings. The molecule has 1 aromatic carbocycles. The second-order valence-corrected chi connectivity index (χ2v) is 4.71. The fourth-order valence-electron chi connectivity index (χ4n) is 2.35. The Hall–Kier alpha value is -0.770. The number of rotatable bonds is 4. The molecular formula is C14H23ClN2O. The third kappa shape index (κ3) is 4.48. The lowest BCUT2D eigenvalue weighted by Gasteiger charge is -2.30. The van der Waals surface area contributed by atoms with Gasteiger partial charge >= 0.3 is 0 Å². The molecule has 0 unspecified atom stereocenters. The number of likely N-dealkylation sites (tertiary alicyclic amines) is 1. The Bertz CT molecular complexity index is 342. The molecule has 0 amide bonds. The molecule has 1 aromatic rings. The first-order valence-corrected chi connectivity index (χ1v) is 6.47. The maximum absolute atomic E-state index is 5.98. The summed E-state index contributed by atoms with van der Waals surface area (Å²) in [5.74, 6) is 0.951. The van der Waals surface area contributed by atoms with Crippen LogP contribution in [-0.2, 0) is 6.54 Å². The fraction of sp³-hybridized carbons (Fsp3) is 0.571. The summed E-state index contributed by atoms with van der Waals surface area (Å²) in [5.41, 5.74) is 7.32. The van der Waals surface area contributed by atoms with Crippen LogP contribution in [0.4, 0.5) is 0 Å². The first kappa shape index (κ1) is 15.3. The van der Waals surface area contributed by atoms with E-state index >= 15 is 0 Å². The van der Waals surface area contributed by atoms with Gasteiger partial charge in [0.25, 0.3) is 0 Å². The van der Waals surface area contributed by atoms with Crippen molar-refractivity contribution < 1.29 is 4.74 Å². The molecule has 0 aromatic heterocycles. The molecule has 1 atom stereocenters. The van der Waals surface area contributed by atoms with E-state index in [4.69, 9.17) is 10.5 Å². The van der Waals surface area contributed by atoms with E-state index in [1.807, 2.05) is 19.1 Å². The number of hydrogen-bond donors (Lipinski definition) is 1. The van der Waals surface area contributed by atoms with Crippen molar-refractivity contribution in [3.05, 3.63) is 29.8 Å². The smallest absolute Gasteiger partial charge is 0.119 e. The second-order valence-electron chi connectivity index (χ2n) is 4.71. The lowest BCUT2D eigenvalue weighted by Crippen LogP contribution is -2.42. The van der Waals surface area contributed by atoms with Gasteiger partial charge in [0.15, 0.2) is 0 Å². The minimum Gasteiger partial charge on any atom is -0.494 e. The number of piperidine rings is 1. The molecule has 18 heavy (non-hydrogen) atoms. The van der Waals surface area contributed by atoms with E-state index in [-0.39, 0.29) is 12.4 Å². The molecule has 1 aliphatic rings. The summed E-state index contributed by atoms with van der Waals surface area (Å²) >= 11 is 0. The number of nitrogens with two attached hydrogens (primary N) is 1. The third-order valence-electron chi connectivity index (χ3n) is 3.18. The lowest BCUT2D eigenvalue weighted by molar-refractivity contribution is 0.201. The van der Waals surface area contributed by atoms with Gasteiger partial charge in [-0.15, -0.1) is 12.4 Å². The van der Waals surface area contributed by atoms with E-state index in [1.165, 1.54) is 24.9 Å². The molecule has 2 rings (SSSR count). The van der Waals surface area contributed by atoms with Gasteiger partial charge in [0.2, 0.25) is 0 Å². The standard InChI is InChI=1S/C14H22N2O.ClH/c1-2-17-14-7-5-12(6-8-14)10-16-9-3-4-13(15)11-16;/h5-8,13H,2-4,9-11,15H2,1H3;1H/t13-;/m1./s1. The van der Waals surface area contributed by atoms with Gasteiger partial charge in [-0.05, 0) is 44.0 Å². The molecule has 0 aliphatic carbocycles. The third-order valence-corrected chi connectivity index (χ3v) is 3.18. The minimum absolute atomic E-state index is 0. The molecule has 1 heterocycles. The number of ether oxygens (including phenoxy) is 1. The fourth-order valence-corrected chi connectivity index (χ4v) is 2.35. The maximum Gasteiger partial charge on any atom is 0.119 e. The van der Waals surface area contributed by atoms with Gasteiger partial charge < -0.3 is 10.5 Å². The van der Waals surface area contributed by atoms with Crippen LogP contribution in [0.15, 0.2) is 24.3 Å². The van der Waals surface area contributed by atoms with Crippen molar-refractivity contribution in [1.29, 1.82) is 0 Å². The van der Waals surface area contributed by atoms with Crippen LogP contribution in [0.2, 0.25) is 0 Å². The van der Waals surface area contributed by atoms with Crippen LogP contribution < -0.4 is 10.5 Å². The molecule has 1 aliphatic heterocycles. The normalized spacial score (nSPS) is 20.2. The van der Waals surface area contributed by atoms with Crippen molar-refractivity contribution >= 4 is 12.4 Å². The van der Waals surface area contributed by atoms with Crippen molar-refractivity contribution in [3.63, 3.8) is 0 Å². The van der Waals surface area contributed by atoms with Crippen molar-refractivity contribution in [3.8, 4) is 5.75 Å². The highest BCUT2D eigenvalue weighted by atomic mass is 35.5. The largest absolute Gasteiger partial charge is 0.494 e. The molecule has 4 heteroatoms. The van der Waals surface area contributed by atoms with Gasteiger partial charge in [-0.3, -0.25) is 4.90 Å². The zero-order valence-corrected chi connectivity index (χ0v) is 11.8. The Kier molecular flexibility index (Phi) is 6.47. The van der Waals surface area contributed by atoms with E-state index in [9.17, 15) is 0 Å². The Balaban J connectivity index is 0.00000162. The molecule has 3 nitrogen and oxygen atoms in total. The lowest BCUT2D eigenvalue weighted by atomic mass is 10.1. The summed E-state index contributed by atoms with van der Waals surface area (Å²) in [6, 6.07) is 8.73. The van der Waals surface area contributed by atoms with Gasteiger partial charge in [-0.25, -0.2) is 0 Å². The Morgan fingerprint density at radius 1 is 1.33 bits per heavy atom. The van der Waals surface area contributed by atoms with Crippen molar-refractivity contribution in [2.24, 2.45) is 5.73 Å². The highest BCUT2D eigenvalue weighted by Crippen LogP contribution is 2.16. The van der Waals surface area contributed by atoms with E-state index in [0.717, 1.165) is 25.4 Å². The summed E-state index contributed by atoms with van der Waals surface area (Å²) in [7, 11) is 0. The number of nitrogens with zero attached hydrogens (tertiary/aromatic N) is 1. The summed E-state index contributed by atoms with van der Waals surface area (Å²) in [6.45, 7) is 5.91. The first-order chi connectivity index (χ1) is 8.28. The highest BCUT2D eigenvalue weighted by molar-refractivity contribution is 5.85. The molecule has 0 radical (unpaired) electrons. The van der Waals surface area contributed by atoms with Crippen LogP contribution in [0.25, 0.3) is 0 Å². The van der Waals surface area contributed by atoms with Gasteiger partial charge in [-0.2, -0.15) is 0 Å². The summed E-state index contributed by atoms with van der Waals surface area (Å²) in [5, 5.41) is 0. The van der Waals surface area contributed by atoms with Crippen molar-refractivity contribution in [2.75, 3.05) is 19.7 Å². The predicted octanol–water partition coefficient (Wildman–Crippen LogP) is 2.43. The maximum atomic E-state index is 5.98. The Labute approximate surface area is 116 Å². The van der Waals surface area contributed by atoms with Gasteiger partial charge in [0.1, 0.15) is 5.75 Å². The quantitative estimate of drug-likeness (QED) is 0.913. The minimum atomic E-state index is 0. The first-order valence-electron chi connectivity index (χ1n) is 6.47. The molecule has 0 saturated carbocycles. The van der Waals surface area contributed by atoms with Gasteiger partial charge in [0, 0.05) is 19.1 Å². The number of benzene rings is 1. The molecule has 102 valence electrons. The van der Waals surface area contributed by atoms with E-state index in [0.29, 0.717) is 6.04 Å². The molecule has 2 N–H and O–H groups in total. The van der Waals surface area contributed by atoms with Gasteiger partial charge in [-0.1, -0.05) is 12.1 Å². The average molecular weight is 271 g/mol. The number of halogens is 1. The number of hydrogen-bond acceptors (Lipinski definition) is 3. The summed E-state index contributed by atoms with van der Waals surface area (Å²) in [6.07, 6.45) is 2.39.